The molecule has 2 aromatic carbocycles. The molecule has 0 bridgehead atoms. The first-order chi connectivity index (χ1) is 15.9. The molecule has 2 heterocycles. The van der Waals surface area contributed by atoms with Crippen molar-refractivity contribution < 1.29 is 18.7 Å². The van der Waals surface area contributed by atoms with Crippen molar-refractivity contribution in [2.45, 2.75) is 0 Å². The van der Waals surface area contributed by atoms with Crippen LogP contribution in [0.2, 0.25) is 5.02 Å². The normalized spacial score (nSPS) is 14.1. The van der Waals surface area contributed by atoms with Crippen molar-refractivity contribution in [3.8, 4) is 17.0 Å². The number of rotatable bonds is 7. The lowest BCUT2D eigenvalue weighted by atomic mass is 10.1. The van der Waals surface area contributed by atoms with Crippen LogP contribution in [0.5, 0.6) is 5.75 Å². The van der Waals surface area contributed by atoms with E-state index in [1.54, 1.807) is 29.9 Å². The number of hydrogen-bond donors (Lipinski definition) is 2. The lowest BCUT2D eigenvalue weighted by molar-refractivity contribution is -0.124. The van der Waals surface area contributed by atoms with Gasteiger partial charge in [-0.05, 0) is 42.5 Å². The lowest BCUT2D eigenvalue weighted by Crippen LogP contribution is -2.48. The van der Waals surface area contributed by atoms with Crippen LogP contribution in [0.3, 0.4) is 0 Å². The van der Waals surface area contributed by atoms with Gasteiger partial charge in [-0.15, -0.1) is 0 Å². The van der Waals surface area contributed by atoms with E-state index in [1.807, 2.05) is 4.90 Å². The fourth-order valence-corrected chi connectivity index (χ4v) is 3.87. The second kappa shape index (κ2) is 10.0. The van der Waals surface area contributed by atoms with Crippen LogP contribution in [0.4, 0.5) is 10.1 Å². The van der Waals surface area contributed by atoms with E-state index in [2.05, 4.69) is 15.7 Å². The highest BCUT2D eigenvalue weighted by atomic mass is 35.5. The summed E-state index contributed by atoms with van der Waals surface area (Å²) in [5.41, 5.74) is 2.16. The molecule has 3 aromatic rings. The summed E-state index contributed by atoms with van der Waals surface area (Å²) in [5.74, 6) is -0.202. The number of hydrogen-bond acceptors (Lipinski definition) is 5. The number of carbonyl (C=O) groups is 2. The summed E-state index contributed by atoms with van der Waals surface area (Å²) < 4.78 is 20.8. The Kier molecular flexibility index (Phi) is 6.90. The van der Waals surface area contributed by atoms with Gasteiger partial charge in [0.25, 0.3) is 5.91 Å². The monoisotopic (exact) mass is 471 g/mol. The van der Waals surface area contributed by atoms with Gasteiger partial charge < -0.3 is 15.4 Å². The van der Waals surface area contributed by atoms with Crippen LogP contribution in [0.15, 0.2) is 48.7 Å². The number of aryl methyl sites for hydroxylation is 1. The van der Waals surface area contributed by atoms with E-state index in [4.69, 9.17) is 16.3 Å². The minimum absolute atomic E-state index is 0.00449. The Morgan fingerprint density at radius 2 is 2.06 bits per heavy atom. The van der Waals surface area contributed by atoms with E-state index in [0.29, 0.717) is 59.5 Å². The number of nitrogens with one attached hydrogen (secondary N) is 2. The van der Waals surface area contributed by atoms with Crippen molar-refractivity contribution in [1.82, 2.24) is 20.0 Å². The van der Waals surface area contributed by atoms with E-state index >= 15 is 0 Å². The predicted molar refractivity (Wildman–Crippen MR) is 123 cm³/mol. The highest BCUT2D eigenvalue weighted by molar-refractivity contribution is 6.33. The maximum atomic E-state index is 13.2. The molecule has 1 aromatic heterocycles. The molecule has 2 N–H and O–H groups in total. The van der Waals surface area contributed by atoms with Gasteiger partial charge in [-0.2, -0.15) is 5.10 Å². The maximum Gasteiger partial charge on any atom is 0.255 e. The van der Waals surface area contributed by atoms with Crippen LogP contribution in [-0.4, -0.2) is 59.3 Å². The second-order valence-electron chi connectivity index (χ2n) is 7.61. The van der Waals surface area contributed by atoms with Crippen LogP contribution in [-0.2, 0) is 11.8 Å². The van der Waals surface area contributed by atoms with Crippen LogP contribution in [0.1, 0.15) is 10.4 Å². The zero-order chi connectivity index (χ0) is 23.4. The van der Waals surface area contributed by atoms with E-state index in [0.717, 1.165) is 6.54 Å². The van der Waals surface area contributed by atoms with Crippen molar-refractivity contribution in [2.75, 3.05) is 38.1 Å². The van der Waals surface area contributed by atoms with E-state index in [-0.39, 0.29) is 11.8 Å². The van der Waals surface area contributed by atoms with Crippen LogP contribution in [0.25, 0.3) is 11.3 Å². The molecular formula is C23H23ClFN5O3. The molecule has 2 amide bonds. The molecule has 1 aliphatic rings. The third-order valence-electron chi connectivity index (χ3n) is 5.28. The predicted octanol–water partition coefficient (Wildman–Crippen LogP) is 2.94. The molecule has 172 valence electrons. The Morgan fingerprint density at radius 3 is 2.76 bits per heavy atom. The fraction of sp³-hybridized carbons (Fsp3) is 0.261. The van der Waals surface area contributed by atoms with E-state index in [9.17, 15) is 14.0 Å². The number of halogens is 2. The quantitative estimate of drug-likeness (QED) is 0.553. The van der Waals surface area contributed by atoms with E-state index in [1.165, 1.54) is 30.5 Å². The van der Waals surface area contributed by atoms with Gasteiger partial charge >= 0.3 is 0 Å². The molecule has 10 heteroatoms. The Morgan fingerprint density at radius 1 is 1.27 bits per heavy atom. The molecule has 4 rings (SSSR count). The number of anilines is 1. The Labute approximate surface area is 195 Å². The molecular weight excluding hydrogens is 449 g/mol. The molecule has 0 spiro atoms. The molecule has 1 aliphatic heterocycles. The second-order valence-corrected chi connectivity index (χ2v) is 8.02. The average Bonchev–Trinajstić information content (AvgIpc) is 3.13. The van der Waals surface area contributed by atoms with Gasteiger partial charge in [0.2, 0.25) is 5.91 Å². The van der Waals surface area contributed by atoms with Gasteiger partial charge in [0.15, 0.2) is 0 Å². The van der Waals surface area contributed by atoms with Crippen LogP contribution < -0.4 is 15.4 Å². The number of amides is 2. The molecule has 0 aliphatic carbocycles. The summed E-state index contributed by atoms with van der Waals surface area (Å²) in [6, 6.07) is 10.5. The number of piperazine rings is 1. The molecule has 8 nitrogen and oxygen atoms in total. The molecule has 0 unspecified atom stereocenters. The number of benzene rings is 2. The molecule has 1 fully saturated rings. The Hall–Kier alpha value is -3.43. The average molecular weight is 472 g/mol. The number of carbonyl (C=O) groups excluding carboxylic acids is 2. The van der Waals surface area contributed by atoms with Crippen LogP contribution >= 0.6 is 11.6 Å². The minimum atomic E-state index is -0.411. The smallest absolute Gasteiger partial charge is 0.255 e. The van der Waals surface area contributed by atoms with Gasteiger partial charge in [-0.3, -0.25) is 19.2 Å². The summed E-state index contributed by atoms with van der Waals surface area (Å²) in [4.78, 5) is 26.2. The SMILES string of the molecule is Cn1ncc(Cl)c1-c1cc(NC(=O)c2ccc(F)cc2)ccc1OCCN1CCNC(=O)C1. The summed E-state index contributed by atoms with van der Waals surface area (Å²) in [6.07, 6.45) is 1.54. The molecule has 0 radical (unpaired) electrons. The topological polar surface area (TPSA) is 88.5 Å². The van der Waals surface area contributed by atoms with E-state index < -0.39 is 5.82 Å². The third kappa shape index (κ3) is 5.50. The van der Waals surface area contributed by atoms with Crippen molar-refractivity contribution in [3.63, 3.8) is 0 Å². The van der Waals surface area contributed by atoms with Crippen molar-refractivity contribution in [2.24, 2.45) is 7.05 Å². The third-order valence-corrected chi connectivity index (χ3v) is 5.55. The van der Waals surface area contributed by atoms with Gasteiger partial charge in [0.1, 0.15) is 18.2 Å². The zero-order valence-electron chi connectivity index (χ0n) is 18.0. The van der Waals surface area contributed by atoms with Gasteiger partial charge in [0, 0.05) is 43.5 Å². The Bertz CT molecular complexity index is 1150. The van der Waals surface area contributed by atoms with Gasteiger partial charge in [-0.25, -0.2) is 4.39 Å². The summed E-state index contributed by atoms with van der Waals surface area (Å²) >= 11 is 6.38. The fourth-order valence-electron chi connectivity index (χ4n) is 3.60. The van der Waals surface area contributed by atoms with Crippen molar-refractivity contribution >= 4 is 29.1 Å². The first-order valence-corrected chi connectivity index (χ1v) is 10.8. The molecule has 0 atom stereocenters. The maximum absolute atomic E-state index is 13.2. The highest BCUT2D eigenvalue weighted by Crippen LogP contribution is 2.36. The van der Waals surface area contributed by atoms with Crippen molar-refractivity contribution in [3.05, 3.63) is 65.1 Å². The standard InChI is InChI=1S/C23H23ClFN5O3/c1-29-22(19(24)13-27-29)18-12-17(28-23(32)15-2-4-16(25)5-3-15)6-7-20(18)33-11-10-30-9-8-26-21(31)14-30/h2-7,12-13H,8-11,14H2,1H3,(H,26,31)(H,28,32). The highest BCUT2D eigenvalue weighted by Gasteiger charge is 2.19. The Balaban J connectivity index is 1.54. The minimum Gasteiger partial charge on any atom is -0.492 e. The summed E-state index contributed by atoms with van der Waals surface area (Å²) in [5, 5.41) is 10.3. The van der Waals surface area contributed by atoms with Crippen molar-refractivity contribution in [1.29, 1.82) is 0 Å². The summed E-state index contributed by atoms with van der Waals surface area (Å²) in [6.45, 7) is 2.70. The first-order valence-electron chi connectivity index (χ1n) is 10.4. The zero-order valence-corrected chi connectivity index (χ0v) is 18.7. The number of ether oxygens (including phenoxy) is 1. The molecule has 0 saturated carbocycles. The molecule has 1 saturated heterocycles. The lowest BCUT2D eigenvalue weighted by Gasteiger charge is -2.26. The largest absolute Gasteiger partial charge is 0.492 e. The van der Waals surface area contributed by atoms with Gasteiger partial charge in [0.05, 0.1) is 23.5 Å². The number of nitrogens with zero attached hydrogens (tertiary/aromatic N) is 3. The molecule has 33 heavy (non-hydrogen) atoms. The van der Waals surface area contributed by atoms with Crippen LogP contribution in [0, 0.1) is 5.82 Å². The van der Waals surface area contributed by atoms with Gasteiger partial charge in [-0.1, -0.05) is 11.6 Å². The summed E-state index contributed by atoms with van der Waals surface area (Å²) in [7, 11) is 1.76. The number of aromatic nitrogens is 2. The first kappa shape index (κ1) is 22.8.